The maximum Gasteiger partial charge on any atom is 0.195 e. The van der Waals surface area contributed by atoms with E-state index in [2.05, 4.69) is 65.4 Å². The highest BCUT2D eigenvalue weighted by Gasteiger charge is 2.10. The van der Waals surface area contributed by atoms with Crippen LogP contribution in [0.15, 0.2) is 83.2 Å². The first kappa shape index (κ1) is 19.0. The molecule has 0 unspecified atom stereocenters. The number of hydrogen-bond donors (Lipinski definition) is 0. The molecule has 0 amide bonds. The molecule has 0 spiro atoms. The second kappa shape index (κ2) is 8.37. The Labute approximate surface area is 174 Å². The maximum absolute atomic E-state index is 5.39. The molecule has 4 rings (SSSR count). The van der Waals surface area contributed by atoms with Crippen molar-refractivity contribution in [1.29, 1.82) is 0 Å². The maximum atomic E-state index is 5.39. The van der Waals surface area contributed by atoms with Gasteiger partial charge in [-0.2, -0.15) is 0 Å². The molecule has 0 radical (unpaired) electrons. The molecular formula is C24H22N2O2S. The number of ether oxygens (including phenoxy) is 2. The van der Waals surface area contributed by atoms with Crippen LogP contribution < -0.4 is 14.3 Å². The number of rotatable bonds is 5. The van der Waals surface area contributed by atoms with Gasteiger partial charge in [0.05, 0.1) is 25.6 Å². The van der Waals surface area contributed by atoms with E-state index in [1.807, 2.05) is 24.3 Å². The van der Waals surface area contributed by atoms with Crippen molar-refractivity contribution in [2.75, 3.05) is 14.2 Å². The molecule has 0 saturated carbocycles. The van der Waals surface area contributed by atoms with Gasteiger partial charge < -0.3 is 9.47 Å². The number of nitrogens with zero attached hydrogens (tertiary/aromatic N) is 2. The number of methoxy groups -OCH3 is 2. The van der Waals surface area contributed by atoms with Crippen molar-refractivity contribution in [3.63, 3.8) is 0 Å². The molecule has 29 heavy (non-hydrogen) atoms. The van der Waals surface area contributed by atoms with Gasteiger partial charge in [0.15, 0.2) is 4.80 Å². The molecule has 0 saturated heterocycles. The second-order valence-corrected chi connectivity index (χ2v) is 7.46. The van der Waals surface area contributed by atoms with Crippen molar-refractivity contribution in [2.24, 2.45) is 4.99 Å². The first-order chi connectivity index (χ1) is 14.2. The summed E-state index contributed by atoms with van der Waals surface area (Å²) in [7, 11) is 3.29. The number of aromatic nitrogens is 1. The zero-order valence-corrected chi connectivity index (χ0v) is 17.4. The molecule has 0 N–H and O–H groups in total. The van der Waals surface area contributed by atoms with E-state index in [4.69, 9.17) is 14.5 Å². The summed E-state index contributed by atoms with van der Waals surface area (Å²) in [5, 5.41) is 2.14. The molecule has 4 nitrogen and oxygen atoms in total. The SMILES string of the molecule is COc1cc(N=c2scc(-c3ccccc3)n2-c2ccc(C)cc2)cc(OC)c1. The Balaban J connectivity index is 1.94. The lowest BCUT2D eigenvalue weighted by molar-refractivity contribution is 0.394. The lowest BCUT2D eigenvalue weighted by Crippen LogP contribution is -2.13. The third-order valence-electron chi connectivity index (χ3n) is 4.63. The molecule has 146 valence electrons. The fourth-order valence-electron chi connectivity index (χ4n) is 3.11. The second-order valence-electron chi connectivity index (χ2n) is 6.62. The Bertz CT molecular complexity index is 1150. The standard InChI is InChI=1S/C24H22N2O2S/c1-17-9-11-20(12-10-17)26-23(18-7-5-4-6-8-18)16-29-24(26)25-19-13-21(27-2)15-22(14-19)28-3/h4-16H,1-3H3. The van der Waals surface area contributed by atoms with Gasteiger partial charge in [-0.25, -0.2) is 4.99 Å². The summed E-state index contributed by atoms with van der Waals surface area (Å²) in [6.45, 7) is 2.09. The fourth-order valence-corrected chi connectivity index (χ4v) is 4.04. The third kappa shape index (κ3) is 4.10. The highest BCUT2D eigenvalue weighted by molar-refractivity contribution is 7.07. The predicted molar refractivity (Wildman–Crippen MR) is 119 cm³/mol. The molecule has 0 aliphatic rings. The molecule has 0 aliphatic heterocycles. The van der Waals surface area contributed by atoms with E-state index in [9.17, 15) is 0 Å². The van der Waals surface area contributed by atoms with Crippen LogP contribution in [0.4, 0.5) is 5.69 Å². The van der Waals surface area contributed by atoms with Crippen LogP contribution in [0, 0.1) is 6.92 Å². The van der Waals surface area contributed by atoms with Gasteiger partial charge in [-0.3, -0.25) is 4.57 Å². The Kier molecular flexibility index (Phi) is 5.49. The van der Waals surface area contributed by atoms with Crippen molar-refractivity contribution < 1.29 is 9.47 Å². The summed E-state index contributed by atoms with van der Waals surface area (Å²) in [4.78, 5) is 5.80. The van der Waals surface area contributed by atoms with Gasteiger partial charge in [0.1, 0.15) is 11.5 Å². The lowest BCUT2D eigenvalue weighted by atomic mass is 10.1. The van der Waals surface area contributed by atoms with Crippen LogP contribution in [0.25, 0.3) is 16.9 Å². The third-order valence-corrected chi connectivity index (χ3v) is 5.46. The van der Waals surface area contributed by atoms with Crippen molar-refractivity contribution in [3.8, 4) is 28.4 Å². The summed E-state index contributed by atoms with van der Waals surface area (Å²) in [6, 6.07) is 24.5. The molecule has 0 atom stereocenters. The van der Waals surface area contributed by atoms with Crippen molar-refractivity contribution in [3.05, 3.63) is 88.5 Å². The largest absolute Gasteiger partial charge is 0.497 e. The first-order valence-electron chi connectivity index (χ1n) is 9.29. The zero-order chi connectivity index (χ0) is 20.2. The van der Waals surface area contributed by atoms with Crippen LogP contribution in [-0.4, -0.2) is 18.8 Å². The van der Waals surface area contributed by atoms with Crippen LogP contribution in [0.3, 0.4) is 0 Å². The Morgan fingerprint density at radius 3 is 2.10 bits per heavy atom. The van der Waals surface area contributed by atoms with Crippen LogP contribution in [0.1, 0.15) is 5.56 Å². The molecule has 1 aromatic heterocycles. The quantitative estimate of drug-likeness (QED) is 0.425. The number of hydrogen-bond acceptors (Lipinski definition) is 4. The summed E-state index contributed by atoms with van der Waals surface area (Å²) in [5.41, 5.74) is 5.33. The summed E-state index contributed by atoms with van der Waals surface area (Å²) in [6.07, 6.45) is 0. The molecule has 4 aromatic rings. The van der Waals surface area contributed by atoms with E-state index in [-0.39, 0.29) is 0 Å². The van der Waals surface area contributed by atoms with Gasteiger partial charge in [0, 0.05) is 29.3 Å². The van der Waals surface area contributed by atoms with E-state index in [1.54, 1.807) is 25.6 Å². The summed E-state index contributed by atoms with van der Waals surface area (Å²) < 4.78 is 13.0. The molecule has 0 bridgehead atoms. The van der Waals surface area contributed by atoms with Gasteiger partial charge in [-0.15, -0.1) is 11.3 Å². The van der Waals surface area contributed by atoms with Crippen molar-refractivity contribution >= 4 is 17.0 Å². The van der Waals surface area contributed by atoms with Gasteiger partial charge in [-0.05, 0) is 24.6 Å². The smallest absolute Gasteiger partial charge is 0.195 e. The number of aryl methyl sites for hydroxylation is 1. The van der Waals surface area contributed by atoms with Crippen molar-refractivity contribution in [1.82, 2.24) is 4.57 Å². The van der Waals surface area contributed by atoms with Crippen molar-refractivity contribution in [2.45, 2.75) is 6.92 Å². The van der Waals surface area contributed by atoms with Gasteiger partial charge in [0.25, 0.3) is 0 Å². The minimum absolute atomic E-state index is 0.713. The normalized spacial score (nSPS) is 11.5. The zero-order valence-electron chi connectivity index (χ0n) is 16.6. The molecule has 3 aromatic carbocycles. The van der Waals surface area contributed by atoms with Gasteiger partial charge in [0.2, 0.25) is 0 Å². The van der Waals surface area contributed by atoms with E-state index < -0.39 is 0 Å². The summed E-state index contributed by atoms with van der Waals surface area (Å²) in [5.74, 6) is 1.43. The van der Waals surface area contributed by atoms with E-state index in [0.717, 1.165) is 27.4 Å². The molecule has 0 fully saturated rings. The highest BCUT2D eigenvalue weighted by atomic mass is 32.1. The molecule has 0 aliphatic carbocycles. The molecule has 5 heteroatoms. The first-order valence-corrected chi connectivity index (χ1v) is 10.2. The topological polar surface area (TPSA) is 35.8 Å². The van der Waals surface area contributed by atoms with E-state index in [1.165, 1.54) is 5.56 Å². The van der Waals surface area contributed by atoms with Gasteiger partial charge >= 0.3 is 0 Å². The number of thiazole rings is 1. The Morgan fingerprint density at radius 1 is 0.828 bits per heavy atom. The van der Waals surface area contributed by atoms with Crippen LogP contribution in [0.5, 0.6) is 11.5 Å². The summed E-state index contributed by atoms with van der Waals surface area (Å²) >= 11 is 1.61. The van der Waals surface area contributed by atoms with E-state index >= 15 is 0 Å². The van der Waals surface area contributed by atoms with Gasteiger partial charge in [-0.1, -0.05) is 48.0 Å². The average Bonchev–Trinajstić information content (AvgIpc) is 3.18. The van der Waals surface area contributed by atoms with E-state index in [0.29, 0.717) is 11.5 Å². The average molecular weight is 403 g/mol. The predicted octanol–water partition coefficient (Wildman–Crippen LogP) is 5.76. The van der Waals surface area contributed by atoms with Crippen LogP contribution >= 0.6 is 11.3 Å². The lowest BCUT2D eigenvalue weighted by Gasteiger charge is -2.10. The minimum atomic E-state index is 0.713. The highest BCUT2D eigenvalue weighted by Crippen LogP contribution is 2.28. The molecule has 1 heterocycles. The van der Waals surface area contributed by atoms with Crippen LogP contribution in [-0.2, 0) is 0 Å². The molecular weight excluding hydrogens is 380 g/mol. The Hall–Kier alpha value is -3.31. The Morgan fingerprint density at radius 2 is 1.48 bits per heavy atom. The fraction of sp³-hybridized carbons (Fsp3) is 0.125. The monoisotopic (exact) mass is 402 g/mol. The minimum Gasteiger partial charge on any atom is -0.497 e. The van der Waals surface area contributed by atoms with Crippen LogP contribution in [0.2, 0.25) is 0 Å². The number of benzene rings is 3.